The van der Waals surface area contributed by atoms with Crippen molar-refractivity contribution in [2.75, 3.05) is 0 Å². The van der Waals surface area contributed by atoms with E-state index in [4.69, 9.17) is 4.42 Å². The van der Waals surface area contributed by atoms with Crippen molar-refractivity contribution in [1.29, 1.82) is 0 Å². The summed E-state index contributed by atoms with van der Waals surface area (Å²) in [5.41, 5.74) is 8.87. The molecule has 0 fully saturated rings. The molecule has 2 aromatic heterocycles. The molecule has 0 amide bonds. The zero-order valence-corrected chi connectivity index (χ0v) is 18.4. The van der Waals surface area contributed by atoms with E-state index in [2.05, 4.69) is 94.9 Å². The maximum atomic E-state index is 6.79. The van der Waals surface area contributed by atoms with Gasteiger partial charge in [-0.3, -0.25) is 0 Å². The summed E-state index contributed by atoms with van der Waals surface area (Å²) in [7, 11) is 2.10. The molecule has 0 atom stereocenters. The number of nitrogens with zero attached hydrogens (tertiary/aromatic N) is 1. The highest BCUT2D eigenvalue weighted by molar-refractivity contribution is 6.11. The summed E-state index contributed by atoms with van der Waals surface area (Å²) >= 11 is 0. The lowest BCUT2D eigenvalue weighted by Crippen LogP contribution is -2.33. The molecule has 0 spiro atoms. The van der Waals surface area contributed by atoms with Gasteiger partial charge in [0.15, 0.2) is 6.20 Å². The van der Waals surface area contributed by atoms with Gasteiger partial charge in [-0.15, -0.1) is 0 Å². The van der Waals surface area contributed by atoms with Gasteiger partial charge in [-0.2, -0.15) is 0 Å². The molecule has 29 heavy (non-hydrogen) atoms. The molecule has 2 heterocycles. The second kappa shape index (κ2) is 5.95. The molecule has 2 nitrogen and oxygen atoms in total. The van der Waals surface area contributed by atoms with Crippen LogP contribution in [0.1, 0.15) is 57.2 Å². The number of benzene rings is 2. The van der Waals surface area contributed by atoms with Crippen LogP contribution in [0.15, 0.2) is 53.1 Å². The van der Waals surface area contributed by atoms with E-state index in [-0.39, 0.29) is 10.8 Å². The van der Waals surface area contributed by atoms with Gasteiger partial charge >= 0.3 is 0 Å². The van der Waals surface area contributed by atoms with Crippen molar-refractivity contribution in [3.8, 4) is 11.3 Å². The largest absolute Gasteiger partial charge is 0.455 e. The van der Waals surface area contributed by atoms with Crippen LogP contribution in [-0.4, -0.2) is 0 Å². The highest BCUT2D eigenvalue weighted by Crippen LogP contribution is 2.50. The number of hydrogen-bond acceptors (Lipinski definition) is 1. The second-order valence-electron chi connectivity index (χ2n) is 10.1. The van der Waals surface area contributed by atoms with Gasteiger partial charge < -0.3 is 4.42 Å². The Hall–Kier alpha value is -2.61. The molecule has 0 aliphatic heterocycles. The number of aryl methyl sites for hydroxylation is 2. The van der Waals surface area contributed by atoms with Crippen LogP contribution in [0.5, 0.6) is 0 Å². The van der Waals surface area contributed by atoms with Gasteiger partial charge in [0.1, 0.15) is 18.2 Å². The molecule has 0 radical (unpaired) electrons. The minimum Gasteiger partial charge on any atom is -0.455 e. The second-order valence-corrected chi connectivity index (χ2v) is 10.1. The third-order valence-corrected chi connectivity index (χ3v) is 7.11. The number of furan rings is 1. The first-order chi connectivity index (χ1) is 13.7. The number of fused-ring (bicyclic) bond motifs is 5. The molecular weight excluding hydrogens is 354 g/mol. The molecule has 0 N–H and O–H groups in total. The molecule has 0 bridgehead atoms. The summed E-state index contributed by atoms with van der Waals surface area (Å²) in [5.74, 6) is 0. The van der Waals surface area contributed by atoms with Crippen LogP contribution in [0.3, 0.4) is 0 Å². The van der Waals surface area contributed by atoms with Crippen LogP contribution in [0, 0.1) is 6.92 Å². The summed E-state index contributed by atoms with van der Waals surface area (Å²) in [6, 6.07) is 15.5. The molecular formula is C27H30NO+. The molecule has 0 unspecified atom stereocenters. The smallest absolute Gasteiger partial charge is 0.216 e. The third-order valence-electron chi connectivity index (χ3n) is 7.11. The van der Waals surface area contributed by atoms with E-state index in [0.717, 1.165) is 11.2 Å². The normalized spacial score (nSPS) is 17.6. The van der Waals surface area contributed by atoms with Crippen molar-refractivity contribution in [3.63, 3.8) is 0 Å². The fraction of sp³-hybridized carbons (Fsp3) is 0.370. The predicted molar refractivity (Wildman–Crippen MR) is 120 cm³/mol. The van der Waals surface area contributed by atoms with Gasteiger partial charge in [0, 0.05) is 28.5 Å². The van der Waals surface area contributed by atoms with Crippen molar-refractivity contribution < 1.29 is 8.98 Å². The molecule has 148 valence electrons. The van der Waals surface area contributed by atoms with E-state index in [1.165, 1.54) is 51.6 Å². The third kappa shape index (κ3) is 2.58. The average Bonchev–Trinajstić information content (AvgIpc) is 3.04. The van der Waals surface area contributed by atoms with Gasteiger partial charge in [-0.25, -0.2) is 4.57 Å². The fourth-order valence-corrected chi connectivity index (χ4v) is 5.22. The zero-order chi connectivity index (χ0) is 20.6. The zero-order valence-electron chi connectivity index (χ0n) is 18.4. The molecule has 1 aliphatic carbocycles. The van der Waals surface area contributed by atoms with E-state index in [1.54, 1.807) is 0 Å². The van der Waals surface area contributed by atoms with Crippen LogP contribution in [-0.2, 0) is 17.9 Å². The first-order valence-electron chi connectivity index (χ1n) is 10.7. The Balaban J connectivity index is 1.93. The predicted octanol–water partition coefficient (Wildman–Crippen LogP) is 6.73. The van der Waals surface area contributed by atoms with Gasteiger partial charge in [0.25, 0.3) is 0 Å². The van der Waals surface area contributed by atoms with E-state index in [9.17, 15) is 0 Å². The Labute approximate surface area is 173 Å². The fourth-order valence-electron chi connectivity index (χ4n) is 5.22. The van der Waals surface area contributed by atoms with Crippen LogP contribution in [0.4, 0.5) is 0 Å². The maximum absolute atomic E-state index is 6.79. The monoisotopic (exact) mass is 384 g/mol. The first kappa shape index (κ1) is 18.4. The molecule has 2 aromatic carbocycles. The van der Waals surface area contributed by atoms with Gasteiger partial charge in [-0.1, -0.05) is 52.0 Å². The van der Waals surface area contributed by atoms with Gasteiger partial charge in [-0.05, 0) is 47.8 Å². The Morgan fingerprint density at radius 1 is 0.828 bits per heavy atom. The Kier molecular flexibility index (Phi) is 3.78. The van der Waals surface area contributed by atoms with Crippen molar-refractivity contribution in [1.82, 2.24) is 0 Å². The lowest BCUT2D eigenvalue weighted by Gasteiger charge is -2.41. The van der Waals surface area contributed by atoms with E-state index in [0.29, 0.717) is 0 Å². The highest BCUT2D eigenvalue weighted by Gasteiger charge is 2.39. The quantitative estimate of drug-likeness (QED) is 0.332. The molecule has 4 aromatic rings. The van der Waals surface area contributed by atoms with Crippen molar-refractivity contribution in [2.24, 2.45) is 7.05 Å². The van der Waals surface area contributed by atoms with Crippen LogP contribution in [0.25, 0.3) is 33.2 Å². The van der Waals surface area contributed by atoms with Crippen molar-refractivity contribution in [2.45, 2.75) is 58.3 Å². The number of aromatic nitrogens is 1. The van der Waals surface area contributed by atoms with Crippen LogP contribution in [0.2, 0.25) is 0 Å². The number of pyridine rings is 1. The van der Waals surface area contributed by atoms with Crippen LogP contribution < -0.4 is 4.57 Å². The lowest BCUT2D eigenvalue weighted by molar-refractivity contribution is -0.660. The number of rotatable bonds is 1. The summed E-state index contributed by atoms with van der Waals surface area (Å²) in [6.07, 6.45) is 4.50. The Morgan fingerprint density at radius 3 is 2.28 bits per heavy atom. The number of hydrogen-bond donors (Lipinski definition) is 0. The minimum atomic E-state index is 0.116. The summed E-state index contributed by atoms with van der Waals surface area (Å²) < 4.78 is 8.97. The maximum Gasteiger partial charge on any atom is 0.216 e. The standard InChI is InChI=1S/C27H30NO/c1-17-10-11-18-19-12-13-20-23(27(4,5)15-14-26(20,2)3)25(19)29-24(18)22(17)21-9-7-8-16-28(21)6/h7-13,16H,14-15H2,1-6H3/q+1. The van der Waals surface area contributed by atoms with Gasteiger partial charge in [0.05, 0.1) is 5.56 Å². The average molecular weight is 385 g/mol. The minimum absolute atomic E-state index is 0.116. The highest BCUT2D eigenvalue weighted by atomic mass is 16.3. The molecule has 0 saturated carbocycles. The van der Waals surface area contributed by atoms with Crippen LogP contribution >= 0.6 is 0 Å². The van der Waals surface area contributed by atoms with Gasteiger partial charge in [0.2, 0.25) is 5.69 Å². The first-order valence-corrected chi connectivity index (χ1v) is 10.7. The lowest BCUT2D eigenvalue weighted by atomic mass is 9.63. The SMILES string of the molecule is Cc1ccc2c(oc3c4c(ccc32)C(C)(C)CCC4(C)C)c1-c1cccc[n+]1C. The summed E-state index contributed by atoms with van der Waals surface area (Å²) in [6.45, 7) is 11.7. The van der Waals surface area contributed by atoms with E-state index >= 15 is 0 Å². The topological polar surface area (TPSA) is 17.0 Å². The molecule has 5 rings (SSSR count). The molecule has 2 heteroatoms. The van der Waals surface area contributed by atoms with Crippen molar-refractivity contribution >= 4 is 21.9 Å². The van der Waals surface area contributed by atoms with Crippen molar-refractivity contribution in [3.05, 3.63) is 65.4 Å². The Bertz CT molecular complexity index is 1270. The molecule has 1 aliphatic rings. The van der Waals surface area contributed by atoms with E-state index in [1.807, 2.05) is 0 Å². The summed E-state index contributed by atoms with van der Waals surface area (Å²) in [5, 5.41) is 2.45. The Morgan fingerprint density at radius 2 is 1.52 bits per heavy atom. The summed E-state index contributed by atoms with van der Waals surface area (Å²) in [4.78, 5) is 0. The van der Waals surface area contributed by atoms with E-state index < -0.39 is 0 Å². The molecule has 0 saturated heterocycles.